The molecule has 0 aromatic heterocycles. The zero-order valence-electron chi connectivity index (χ0n) is 16.3. The summed E-state index contributed by atoms with van der Waals surface area (Å²) in [6.45, 7) is 12.7. The van der Waals surface area contributed by atoms with Gasteiger partial charge in [0.1, 0.15) is 11.6 Å². The lowest BCUT2D eigenvalue weighted by molar-refractivity contribution is -0.0597. The lowest BCUT2D eigenvalue weighted by atomic mass is 9.79. The molecule has 3 atom stereocenters. The standard InChI is InChI=1S/C22H32FNO2/c1-5-25-19-6-7-20-17(11-19)8-9-24-13-18(10-15(2)3)22(12-21(20)24)26-14-16(4)23/h6-7,11,15,18,21-22H,4-5,8-10,12-14H2,1-3H3/t18-,21-,22-/m0/s1/i23+0. The average molecular weight is 362 g/mol. The predicted molar refractivity (Wildman–Crippen MR) is 103 cm³/mol. The number of piperidine rings is 1. The second kappa shape index (κ2) is 8.53. The van der Waals surface area contributed by atoms with Crippen molar-refractivity contribution in [3.63, 3.8) is 0 Å². The van der Waals surface area contributed by atoms with Crippen LogP contribution in [-0.2, 0) is 11.2 Å². The Labute approximate surface area is 157 Å². The molecule has 1 aromatic rings. The van der Waals surface area contributed by atoms with Gasteiger partial charge in [-0.2, -0.15) is 0 Å². The molecule has 144 valence electrons. The van der Waals surface area contributed by atoms with Crippen LogP contribution in [0.2, 0.25) is 0 Å². The van der Waals surface area contributed by atoms with Crippen LogP contribution in [0.3, 0.4) is 0 Å². The molecular weight excluding hydrogens is 329 g/mol. The number of hydrogen-bond donors (Lipinski definition) is 0. The van der Waals surface area contributed by atoms with Gasteiger partial charge < -0.3 is 9.47 Å². The second-order valence-corrected chi connectivity index (χ2v) is 8.05. The van der Waals surface area contributed by atoms with Crippen LogP contribution in [0.1, 0.15) is 50.8 Å². The SMILES string of the molecule is C=C([19F])CO[C@H]1C[C@H]2c3ccc(OCC)cc3CCN2C[C@@H]1CC(C)C. The van der Waals surface area contributed by atoms with Gasteiger partial charge in [-0.25, -0.2) is 4.39 Å². The molecule has 1 fully saturated rings. The van der Waals surface area contributed by atoms with E-state index in [1.54, 1.807) is 0 Å². The zero-order chi connectivity index (χ0) is 18.7. The van der Waals surface area contributed by atoms with E-state index in [4.69, 9.17) is 9.47 Å². The maximum atomic E-state index is 13.2. The number of fused-ring (bicyclic) bond motifs is 3. The number of nitrogens with zero attached hydrogens (tertiary/aromatic N) is 1. The van der Waals surface area contributed by atoms with Gasteiger partial charge in [-0.15, -0.1) is 0 Å². The van der Waals surface area contributed by atoms with E-state index in [0.717, 1.165) is 38.1 Å². The molecule has 3 nitrogen and oxygen atoms in total. The summed E-state index contributed by atoms with van der Waals surface area (Å²) in [6, 6.07) is 6.84. The fourth-order valence-corrected chi connectivity index (χ4v) is 4.56. The van der Waals surface area contributed by atoms with Crippen LogP contribution in [-0.4, -0.2) is 37.3 Å². The highest BCUT2D eigenvalue weighted by molar-refractivity contribution is 5.39. The molecule has 0 N–H and O–H groups in total. The van der Waals surface area contributed by atoms with E-state index < -0.39 is 0 Å². The van der Waals surface area contributed by atoms with Gasteiger partial charge in [0.15, 0.2) is 0 Å². The van der Waals surface area contributed by atoms with Crippen molar-refractivity contribution in [1.29, 1.82) is 0 Å². The number of benzene rings is 1. The van der Waals surface area contributed by atoms with Gasteiger partial charge in [0, 0.05) is 19.1 Å². The average Bonchev–Trinajstić information content (AvgIpc) is 2.59. The summed E-state index contributed by atoms with van der Waals surface area (Å²) in [5, 5.41) is 0. The molecule has 0 radical (unpaired) electrons. The largest absolute Gasteiger partial charge is 0.494 e. The first-order chi connectivity index (χ1) is 12.5. The first-order valence-corrected chi connectivity index (χ1v) is 9.92. The third-order valence-corrected chi connectivity index (χ3v) is 5.57. The van der Waals surface area contributed by atoms with E-state index >= 15 is 0 Å². The van der Waals surface area contributed by atoms with E-state index in [-0.39, 0.29) is 18.5 Å². The van der Waals surface area contributed by atoms with Gasteiger partial charge in [-0.1, -0.05) is 26.5 Å². The summed E-state index contributed by atoms with van der Waals surface area (Å²) < 4.78 is 24.8. The fourth-order valence-electron chi connectivity index (χ4n) is 4.56. The molecule has 0 aliphatic carbocycles. The Morgan fingerprint density at radius 3 is 2.88 bits per heavy atom. The Bertz CT molecular complexity index is 631. The van der Waals surface area contributed by atoms with E-state index in [1.165, 1.54) is 11.1 Å². The summed E-state index contributed by atoms with van der Waals surface area (Å²) in [4.78, 5) is 2.60. The maximum absolute atomic E-state index is 13.2. The monoisotopic (exact) mass is 361 g/mol. The van der Waals surface area contributed by atoms with Crippen molar-refractivity contribution in [2.75, 3.05) is 26.3 Å². The van der Waals surface area contributed by atoms with Crippen LogP contribution >= 0.6 is 0 Å². The normalized spacial score (nSPS) is 25.7. The maximum Gasteiger partial charge on any atom is 0.119 e. The molecule has 1 aromatic carbocycles. The van der Waals surface area contributed by atoms with Crippen molar-refractivity contribution in [2.24, 2.45) is 11.8 Å². The molecule has 0 bridgehead atoms. The van der Waals surface area contributed by atoms with Crippen LogP contribution < -0.4 is 4.74 Å². The molecule has 0 spiro atoms. The van der Waals surface area contributed by atoms with Crippen molar-refractivity contribution in [3.8, 4) is 5.75 Å². The molecular formula is C22H32FNO2. The van der Waals surface area contributed by atoms with Crippen molar-refractivity contribution in [2.45, 2.75) is 52.2 Å². The second-order valence-electron chi connectivity index (χ2n) is 8.05. The van der Waals surface area contributed by atoms with Gasteiger partial charge in [-0.3, -0.25) is 4.90 Å². The minimum atomic E-state index is -0.388. The Morgan fingerprint density at radius 1 is 1.38 bits per heavy atom. The quantitative estimate of drug-likeness (QED) is 0.688. The van der Waals surface area contributed by atoms with Crippen LogP contribution in [0.4, 0.5) is 4.39 Å². The highest BCUT2D eigenvalue weighted by Gasteiger charge is 2.39. The van der Waals surface area contributed by atoms with Crippen LogP contribution in [0.15, 0.2) is 30.6 Å². The van der Waals surface area contributed by atoms with E-state index in [9.17, 15) is 4.39 Å². The highest BCUT2D eigenvalue weighted by atomic mass is 19.1. The third-order valence-electron chi connectivity index (χ3n) is 5.57. The number of rotatable bonds is 7. The van der Waals surface area contributed by atoms with Gasteiger partial charge in [0.2, 0.25) is 0 Å². The molecule has 0 saturated carbocycles. The summed E-state index contributed by atoms with van der Waals surface area (Å²) in [6.07, 6.45) is 3.19. The topological polar surface area (TPSA) is 21.7 Å². The zero-order valence-corrected chi connectivity index (χ0v) is 16.3. The lowest BCUT2D eigenvalue weighted by Crippen LogP contribution is -2.49. The molecule has 2 aliphatic rings. The highest BCUT2D eigenvalue weighted by Crippen LogP contribution is 2.42. The number of halogens is 1. The lowest BCUT2D eigenvalue weighted by Gasteiger charge is -2.47. The Hall–Kier alpha value is -1.39. The fraction of sp³-hybridized carbons (Fsp3) is 0.636. The summed E-state index contributed by atoms with van der Waals surface area (Å²) in [5.74, 6) is 1.63. The Morgan fingerprint density at radius 2 is 2.19 bits per heavy atom. The summed E-state index contributed by atoms with van der Waals surface area (Å²) in [7, 11) is 0. The van der Waals surface area contributed by atoms with Crippen LogP contribution in [0, 0.1) is 11.8 Å². The predicted octanol–water partition coefficient (Wildman–Crippen LogP) is 4.92. The number of hydrogen-bond acceptors (Lipinski definition) is 3. The van der Waals surface area contributed by atoms with Gasteiger partial charge in [0.05, 0.1) is 19.3 Å². The Kier molecular flexibility index (Phi) is 6.36. The van der Waals surface area contributed by atoms with E-state index in [2.05, 4.69) is 43.5 Å². The minimum Gasteiger partial charge on any atom is -0.494 e. The first-order valence-electron chi connectivity index (χ1n) is 9.92. The van der Waals surface area contributed by atoms with Gasteiger partial charge >= 0.3 is 0 Å². The van der Waals surface area contributed by atoms with Crippen molar-refractivity contribution < 1.29 is 13.9 Å². The van der Waals surface area contributed by atoms with E-state index in [0.29, 0.717) is 24.5 Å². The van der Waals surface area contributed by atoms with Gasteiger partial charge in [0.25, 0.3) is 0 Å². The van der Waals surface area contributed by atoms with Crippen molar-refractivity contribution >= 4 is 0 Å². The van der Waals surface area contributed by atoms with Crippen molar-refractivity contribution in [1.82, 2.24) is 4.90 Å². The molecule has 3 rings (SSSR count). The minimum absolute atomic E-state index is 0.0160. The van der Waals surface area contributed by atoms with Crippen LogP contribution in [0.25, 0.3) is 0 Å². The van der Waals surface area contributed by atoms with Crippen molar-refractivity contribution in [3.05, 3.63) is 41.7 Å². The van der Waals surface area contributed by atoms with Gasteiger partial charge in [-0.05, 0) is 61.3 Å². The summed E-state index contributed by atoms with van der Waals surface area (Å²) in [5.41, 5.74) is 2.77. The molecule has 26 heavy (non-hydrogen) atoms. The van der Waals surface area contributed by atoms with E-state index in [1.807, 2.05) is 6.92 Å². The molecule has 2 heterocycles. The first kappa shape index (κ1) is 19.4. The molecule has 0 unspecified atom stereocenters. The molecule has 2 aliphatic heterocycles. The molecule has 0 amide bonds. The third kappa shape index (κ3) is 4.47. The number of ether oxygens (including phenoxy) is 2. The van der Waals surface area contributed by atoms with Crippen LogP contribution in [0.5, 0.6) is 5.75 Å². The Balaban J connectivity index is 1.79. The summed E-state index contributed by atoms with van der Waals surface area (Å²) >= 11 is 0. The smallest absolute Gasteiger partial charge is 0.119 e. The molecule has 1 saturated heterocycles. The molecule has 4 heteroatoms.